The van der Waals surface area contributed by atoms with Crippen molar-refractivity contribution in [2.24, 2.45) is 0 Å². The Morgan fingerprint density at radius 2 is 0.977 bits per heavy atom. The zero-order chi connectivity index (χ0) is 32.5. The fourth-order valence-electron chi connectivity index (χ4n) is 5.31. The Balaban J connectivity index is 1.42. The lowest BCUT2D eigenvalue weighted by Crippen LogP contribution is -2.65. The van der Waals surface area contributed by atoms with Gasteiger partial charge in [0, 0.05) is 6.42 Å². The van der Waals surface area contributed by atoms with E-state index in [4.69, 9.17) is 33.2 Å². The molecule has 0 radical (unpaired) electrons. The predicted octanol–water partition coefficient (Wildman–Crippen LogP) is -8.72. The third kappa shape index (κ3) is 7.67. The van der Waals surface area contributed by atoms with Crippen LogP contribution in [-0.4, -0.2) is 210 Å². The summed E-state index contributed by atoms with van der Waals surface area (Å²) in [4.78, 5) is 0. The van der Waals surface area contributed by atoms with E-state index in [0.717, 1.165) is 0 Å². The lowest BCUT2D eigenvalue weighted by molar-refractivity contribution is -0.366. The van der Waals surface area contributed by atoms with Crippen molar-refractivity contribution >= 4 is 0 Å². The molecule has 0 aliphatic carbocycles. The Bertz CT molecular complexity index is 885. The molecule has 4 saturated heterocycles. The molecule has 4 fully saturated rings. The van der Waals surface area contributed by atoms with Crippen molar-refractivity contribution in [2.75, 3.05) is 26.4 Å². The smallest absolute Gasteiger partial charge is 0.187 e. The van der Waals surface area contributed by atoms with Crippen LogP contribution in [0.1, 0.15) is 6.42 Å². The van der Waals surface area contributed by atoms with Crippen LogP contribution in [0.25, 0.3) is 0 Å². The molecule has 13 N–H and O–H groups in total. The second-order valence-corrected chi connectivity index (χ2v) is 11.1. The zero-order valence-electron chi connectivity index (χ0n) is 23.2. The molecule has 20 heteroatoms. The molecular formula is C24H42O20. The minimum Gasteiger partial charge on any atom is -0.394 e. The SMILES string of the molecule is OCC1O[C@@H](OCC2O[C@@H](O[C@@H]3C(CO[C@@H]4OC(CO)[C@H](O)[C@H](O)[C@@H]4O)O[C@@H](O)[C@H](O)[C@H]3O)[C@H](O)[C@@H](O)[C@@H]2O)[C@@H](O)C[C@H]1O. The first kappa shape index (κ1) is 36.0. The van der Waals surface area contributed by atoms with Gasteiger partial charge in [0.2, 0.25) is 0 Å². The van der Waals surface area contributed by atoms with Crippen molar-refractivity contribution < 1.29 is 99.5 Å². The minimum atomic E-state index is -1.97. The van der Waals surface area contributed by atoms with Gasteiger partial charge >= 0.3 is 0 Å². The first-order valence-electron chi connectivity index (χ1n) is 14.0. The van der Waals surface area contributed by atoms with Crippen molar-refractivity contribution in [1.29, 1.82) is 0 Å². The predicted molar refractivity (Wildman–Crippen MR) is 132 cm³/mol. The molecule has 0 amide bonds. The van der Waals surface area contributed by atoms with Crippen molar-refractivity contribution in [3.05, 3.63) is 0 Å². The highest BCUT2D eigenvalue weighted by Gasteiger charge is 2.52. The topological polar surface area (TPSA) is 328 Å². The molecule has 0 spiro atoms. The lowest BCUT2D eigenvalue weighted by Gasteiger charge is -2.46. The molecule has 4 aliphatic heterocycles. The van der Waals surface area contributed by atoms with Crippen LogP contribution in [0, 0.1) is 0 Å². The van der Waals surface area contributed by atoms with E-state index in [2.05, 4.69) is 0 Å². The molecule has 0 saturated carbocycles. The van der Waals surface area contributed by atoms with Crippen LogP contribution in [0.2, 0.25) is 0 Å². The minimum absolute atomic E-state index is 0.197. The third-order valence-electron chi connectivity index (χ3n) is 8.03. The molecule has 0 aromatic heterocycles. The Kier molecular flexibility index (Phi) is 12.6. The Morgan fingerprint density at radius 1 is 0.455 bits per heavy atom. The van der Waals surface area contributed by atoms with E-state index in [0.29, 0.717) is 0 Å². The summed E-state index contributed by atoms with van der Waals surface area (Å²) in [5, 5.41) is 131. The van der Waals surface area contributed by atoms with Crippen LogP contribution in [0.3, 0.4) is 0 Å². The van der Waals surface area contributed by atoms with Crippen LogP contribution >= 0.6 is 0 Å². The highest BCUT2D eigenvalue weighted by atomic mass is 16.8. The number of aliphatic hydroxyl groups excluding tert-OH is 13. The summed E-state index contributed by atoms with van der Waals surface area (Å²) in [6, 6.07) is 0. The Labute approximate surface area is 249 Å². The van der Waals surface area contributed by atoms with Gasteiger partial charge in [-0.15, -0.1) is 0 Å². The number of hydrogen-bond donors (Lipinski definition) is 13. The molecule has 4 heterocycles. The molecule has 4 rings (SSSR count). The van der Waals surface area contributed by atoms with E-state index in [9.17, 15) is 66.4 Å². The van der Waals surface area contributed by atoms with E-state index in [1.807, 2.05) is 0 Å². The quantitative estimate of drug-likeness (QED) is 0.104. The maximum Gasteiger partial charge on any atom is 0.187 e. The summed E-state index contributed by atoms with van der Waals surface area (Å²) in [6.45, 7) is -2.57. The largest absolute Gasteiger partial charge is 0.394 e. The Hall–Kier alpha value is -0.800. The molecular weight excluding hydrogens is 608 g/mol. The summed E-state index contributed by atoms with van der Waals surface area (Å²) >= 11 is 0. The maximum atomic E-state index is 10.7. The fraction of sp³-hybridized carbons (Fsp3) is 1.00. The van der Waals surface area contributed by atoms with Gasteiger partial charge in [-0.3, -0.25) is 0 Å². The third-order valence-corrected chi connectivity index (χ3v) is 8.03. The number of hydrogen-bond acceptors (Lipinski definition) is 20. The molecule has 0 bridgehead atoms. The molecule has 258 valence electrons. The Morgan fingerprint density at radius 3 is 1.61 bits per heavy atom. The first-order valence-corrected chi connectivity index (χ1v) is 14.0. The van der Waals surface area contributed by atoms with Crippen LogP contribution in [0.5, 0.6) is 0 Å². The maximum absolute atomic E-state index is 10.7. The summed E-state index contributed by atoms with van der Waals surface area (Å²) < 4.78 is 37.9. The van der Waals surface area contributed by atoms with Crippen molar-refractivity contribution in [3.8, 4) is 0 Å². The van der Waals surface area contributed by atoms with Gasteiger partial charge in [-0.05, 0) is 0 Å². The second-order valence-electron chi connectivity index (χ2n) is 11.1. The van der Waals surface area contributed by atoms with Gasteiger partial charge in [0.25, 0.3) is 0 Å². The monoisotopic (exact) mass is 650 g/mol. The van der Waals surface area contributed by atoms with Crippen molar-refractivity contribution in [2.45, 2.75) is 123 Å². The molecule has 4 aliphatic rings. The summed E-state index contributed by atoms with van der Waals surface area (Å²) in [5.41, 5.74) is 0. The molecule has 19 atom stereocenters. The summed E-state index contributed by atoms with van der Waals surface area (Å²) in [6.07, 6.45) is -31.3. The number of aliphatic hydroxyl groups is 13. The van der Waals surface area contributed by atoms with Gasteiger partial charge in [-0.2, -0.15) is 0 Å². The van der Waals surface area contributed by atoms with E-state index in [-0.39, 0.29) is 6.42 Å². The van der Waals surface area contributed by atoms with Crippen LogP contribution < -0.4 is 0 Å². The zero-order valence-corrected chi connectivity index (χ0v) is 23.2. The molecule has 0 aromatic carbocycles. The summed E-state index contributed by atoms with van der Waals surface area (Å²) in [5.74, 6) is 0. The highest BCUT2D eigenvalue weighted by molar-refractivity contribution is 4.95. The standard InChI is InChI=1S/C24H42O20/c25-2-8-6(27)1-7(28)22(41-8)38-4-10-13(30)15(32)19(36)24(43-10)44-20-11(40-21(37)17(34)16(20)33)5-39-23-18(35)14(31)12(29)9(3-26)42-23/h6-37H,1-5H2/t6-,7+,8?,9?,10?,11?,12+,13-,14+,15+,16-,17-,18+,19-,20-,21-,22-,23-,24+/m1/s1. The van der Waals surface area contributed by atoms with Gasteiger partial charge in [0.05, 0.1) is 32.5 Å². The van der Waals surface area contributed by atoms with Crippen LogP contribution in [0.4, 0.5) is 0 Å². The average molecular weight is 651 g/mol. The van der Waals surface area contributed by atoms with E-state index < -0.39 is 143 Å². The van der Waals surface area contributed by atoms with Crippen molar-refractivity contribution in [1.82, 2.24) is 0 Å². The van der Waals surface area contributed by atoms with E-state index in [1.165, 1.54) is 0 Å². The van der Waals surface area contributed by atoms with Gasteiger partial charge < -0.3 is 99.5 Å². The van der Waals surface area contributed by atoms with Crippen LogP contribution in [-0.2, 0) is 33.2 Å². The first-order chi connectivity index (χ1) is 20.8. The van der Waals surface area contributed by atoms with Gasteiger partial charge in [0.1, 0.15) is 85.5 Å². The van der Waals surface area contributed by atoms with E-state index in [1.54, 1.807) is 0 Å². The number of ether oxygens (including phenoxy) is 7. The van der Waals surface area contributed by atoms with Crippen LogP contribution in [0.15, 0.2) is 0 Å². The highest BCUT2D eigenvalue weighted by Crippen LogP contribution is 2.31. The van der Waals surface area contributed by atoms with Crippen molar-refractivity contribution in [3.63, 3.8) is 0 Å². The molecule has 44 heavy (non-hydrogen) atoms. The summed E-state index contributed by atoms with van der Waals surface area (Å²) in [7, 11) is 0. The second kappa shape index (κ2) is 15.4. The van der Waals surface area contributed by atoms with Gasteiger partial charge in [0.15, 0.2) is 25.2 Å². The lowest BCUT2D eigenvalue weighted by atomic mass is 9.96. The van der Waals surface area contributed by atoms with Gasteiger partial charge in [-0.1, -0.05) is 0 Å². The molecule has 4 unspecified atom stereocenters. The average Bonchev–Trinajstić information content (AvgIpc) is 3.00. The fourth-order valence-corrected chi connectivity index (χ4v) is 5.31. The molecule has 20 nitrogen and oxygen atoms in total. The van der Waals surface area contributed by atoms with Gasteiger partial charge in [-0.25, -0.2) is 0 Å². The molecule has 0 aromatic rings. The normalized spacial score (nSPS) is 52.2. The number of rotatable bonds is 10. The van der Waals surface area contributed by atoms with E-state index >= 15 is 0 Å².